The molecule has 1 amide bonds. The number of nitrogens with one attached hydrogen (secondary N) is 1. The van der Waals surface area contributed by atoms with E-state index in [0.717, 1.165) is 37.8 Å². The van der Waals surface area contributed by atoms with Crippen molar-refractivity contribution in [2.24, 2.45) is 0 Å². The highest BCUT2D eigenvalue weighted by Gasteiger charge is 2.21. The Balaban J connectivity index is 1.76. The Morgan fingerprint density at radius 1 is 1.25 bits per heavy atom. The minimum absolute atomic E-state index is 0.0481. The molecule has 0 spiro atoms. The second-order valence-electron chi connectivity index (χ2n) is 5.47. The molecule has 1 N–H and O–H groups in total. The molecule has 8 heteroatoms. The number of carbonyl (C=O) groups is 1. The summed E-state index contributed by atoms with van der Waals surface area (Å²) in [5, 5.41) is 13.9. The first-order chi connectivity index (χ1) is 11.5. The van der Waals surface area contributed by atoms with Gasteiger partial charge < -0.3 is 10.2 Å². The van der Waals surface area contributed by atoms with Crippen molar-refractivity contribution in [1.82, 2.24) is 4.98 Å². The summed E-state index contributed by atoms with van der Waals surface area (Å²) < 4.78 is 0. The first-order valence-electron chi connectivity index (χ1n) is 7.51. The van der Waals surface area contributed by atoms with Crippen LogP contribution in [0.1, 0.15) is 23.2 Å². The van der Waals surface area contributed by atoms with Gasteiger partial charge in [0, 0.05) is 24.2 Å². The molecule has 2 aromatic rings. The second kappa shape index (κ2) is 6.84. The highest BCUT2D eigenvalue weighted by Crippen LogP contribution is 2.25. The van der Waals surface area contributed by atoms with Gasteiger partial charge >= 0.3 is 0 Å². The van der Waals surface area contributed by atoms with E-state index in [1.807, 2.05) is 6.07 Å². The Labute approximate surface area is 143 Å². The van der Waals surface area contributed by atoms with E-state index >= 15 is 0 Å². The molecular weight excluding hydrogens is 332 g/mol. The molecule has 1 aromatic heterocycles. The number of aromatic nitrogens is 1. The van der Waals surface area contributed by atoms with Gasteiger partial charge in [-0.15, -0.1) is 0 Å². The quantitative estimate of drug-likeness (QED) is 0.676. The molecule has 0 atom stereocenters. The van der Waals surface area contributed by atoms with Gasteiger partial charge in [0.25, 0.3) is 11.6 Å². The van der Waals surface area contributed by atoms with Gasteiger partial charge in [0.05, 0.1) is 16.8 Å². The van der Waals surface area contributed by atoms with Gasteiger partial charge in [-0.1, -0.05) is 11.6 Å². The molecule has 1 saturated heterocycles. The maximum absolute atomic E-state index is 12.3. The van der Waals surface area contributed by atoms with E-state index in [2.05, 4.69) is 15.2 Å². The van der Waals surface area contributed by atoms with E-state index < -0.39 is 10.8 Å². The molecule has 24 heavy (non-hydrogen) atoms. The second-order valence-corrected chi connectivity index (χ2v) is 5.91. The third-order valence-electron chi connectivity index (χ3n) is 3.84. The van der Waals surface area contributed by atoms with Gasteiger partial charge in [0.1, 0.15) is 11.4 Å². The topological polar surface area (TPSA) is 88.4 Å². The first-order valence-corrected chi connectivity index (χ1v) is 7.89. The monoisotopic (exact) mass is 346 g/mol. The Kier molecular flexibility index (Phi) is 4.61. The number of hydrogen-bond donors (Lipinski definition) is 1. The van der Waals surface area contributed by atoms with Crippen LogP contribution in [0.3, 0.4) is 0 Å². The summed E-state index contributed by atoms with van der Waals surface area (Å²) >= 11 is 5.75. The molecule has 0 radical (unpaired) electrons. The predicted molar refractivity (Wildman–Crippen MR) is 91.7 cm³/mol. The van der Waals surface area contributed by atoms with Crippen LogP contribution in [0.5, 0.6) is 0 Å². The lowest BCUT2D eigenvalue weighted by atomic mass is 10.1. The lowest BCUT2D eigenvalue weighted by Crippen LogP contribution is -2.19. The van der Waals surface area contributed by atoms with Crippen molar-refractivity contribution in [2.75, 3.05) is 23.3 Å². The fourth-order valence-electron chi connectivity index (χ4n) is 2.64. The zero-order valence-corrected chi connectivity index (χ0v) is 13.5. The Hall–Kier alpha value is -2.67. The third-order valence-corrected chi connectivity index (χ3v) is 4.07. The van der Waals surface area contributed by atoms with E-state index in [-0.39, 0.29) is 16.3 Å². The minimum atomic E-state index is -0.629. The molecular formula is C16H15ClN4O3. The fourth-order valence-corrected chi connectivity index (χ4v) is 2.81. The van der Waals surface area contributed by atoms with E-state index in [0.29, 0.717) is 5.69 Å². The van der Waals surface area contributed by atoms with Crippen molar-refractivity contribution in [3.63, 3.8) is 0 Å². The standard InChI is InChI=1S/C16H15ClN4O3/c17-11-3-5-13(14(9-11)21(23)24)16(22)19-12-4-6-15(18-10-12)20-7-1-2-8-20/h3-6,9-10H,1-2,7-8H2,(H,19,22). The van der Waals surface area contributed by atoms with E-state index in [4.69, 9.17) is 11.6 Å². The Morgan fingerprint density at radius 3 is 2.62 bits per heavy atom. The van der Waals surface area contributed by atoms with Gasteiger partial charge in [0.15, 0.2) is 0 Å². The van der Waals surface area contributed by atoms with Crippen LogP contribution in [0.15, 0.2) is 36.5 Å². The van der Waals surface area contributed by atoms with Crippen LogP contribution < -0.4 is 10.2 Å². The Bertz CT molecular complexity index is 773. The molecule has 1 aliphatic heterocycles. The number of hydrogen-bond acceptors (Lipinski definition) is 5. The number of nitro groups is 1. The van der Waals surface area contributed by atoms with Crippen molar-refractivity contribution < 1.29 is 9.72 Å². The molecule has 1 fully saturated rings. The molecule has 0 unspecified atom stereocenters. The molecule has 0 bridgehead atoms. The van der Waals surface area contributed by atoms with E-state index in [1.165, 1.54) is 12.1 Å². The summed E-state index contributed by atoms with van der Waals surface area (Å²) in [6.45, 7) is 1.96. The van der Waals surface area contributed by atoms with Crippen LogP contribution in [-0.4, -0.2) is 28.9 Å². The molecule has 1 aliphatic rings. The maximum atomic E-state index is 12.3. The number of rotatable bonds is 4. The van der Waals surface area contributed by atoms with Gasteiger partial charge in [-0.05, 0) is 37.1 Å². The summed E-state index contributed by atoms with van der Waals surface area (Å²) in [4.78, 5) is 29.2. The highest BCUT2D eigenvalue weighted by molar-refractivity contribution is 6.31. The zero-order valence-electron chi connectivity index (χ0n) is 12.7. The van der Waals surface area contributed by atoms with E-state index in [9.17, 15) is 14.9 Å². The van der Waals surface area contributed by atoms with Crippen LogP contribution in [0.4, 0.5) is 17.2 Å². The SMILES string of the molecule is O=C(Nc1ccc(N2CCCC2)nc1)c1ccc(Cl)cc1[N+](=O)[O-]. The summed E-state index contributed by atoms with van der Waals surface area (Å²) in [5.74, 6) is 0.289. The number of benzene rings is 1. The lowest BCUT2D eigenvalue weighted by Gasteiger charge is -2.16. The normalized spacial score (nSPS) is 13.8. The van der Waals surface area contributed by atoms with Crippen molar-refractivity contribution in [1.29, 1.82) is 0 Å². The first kappa shape index (κ1) is 16.2. The number of amides is 1. The molecule has 3 rings (SSSR count). The van der Waals surface area contributed by atoms with Crippen molar-refractivity contribution in [2.45, 2.75) is 12.8 Å². The summed E-state index contributed by atoms with van der Waals surface area (Å²) in [7, 11) is 0. The lowest BCUT2D eigenvalue weighted by molar-refractivity contribution is -0.385. The van der Waals surface area contributed by atoms with Crippen molar-refractivity contribution >= 4 is 34.7 Å². The molecule has 2 heterocycles. The summed E-state index contributed by atoms with van der Waals surface area (Å²) in [6.07, 6.45) is 3.86. The zero-order chi connectivity index (χ0) is 17.1. The fraction of sp³-hybridized carbons (Fsp3) is 0.250. The molecule has 0 aliphatic carbocycles. The van der Waals surface area contributed by atoms with Crippen LogP contribution in [-0.2, 0) is 0 Å². The van der Waals surface area contributed by atoms with Crippen LogP contribution in [0, 0.1) is 10.1 Å². The van der Waals surface area contributed by atoms with Gasteiger partial charge in [-0.3, -0.25) is 14.9 Å². The average Bonchev–Trinajstić information content (AvgIpc) is 3.09. The number of carbonyl (C=O) groups excluding carboxylic acids is 1. The summed E-state index contributed by atoms with van der Waals surface area (Å²) in [6, 6.07) is 7.50. The predicted octanol–water partition coefficient (Wildman–Crippen LogP) is 3.50. The van der Waals surface area contributed by atoms with Crippen LogP contribution in [0.2, 0.25) is 5.02 Å². The average molecular weight is 347 g/mol. The minimum Gasteiger partial charge on any atom is -0.357 e. The van der Waals surface area contributed by atoms with Crippen LogP contribution >= 0.6 is 11.6 Å². The summed E-state index contributed by atoms with van der Waals surface area (Å²) in [5.41, 5.74) is 0.0989. The number of halogens is 1. The molecule has 1 aromatic carbocycles. The Morgan fingerprint density at radius 2 is 2.00 bits per heavy atom. The molecule has 7 nitrogen and oxygen atoms in total. The third kappa shape index (κ3) is 3.46. The van der Waals surface area contributed by atoms with Gasteiger partial charge in [-0.2, -0.15) is 0 Å². The van der Waals surface area contributed by atoms with Crippen molar-refractivity contribution in [3.05, 3.63) is 57.2 Å². The molecule has 0 saturated carbocycles. The number of pyridine rings is 1. The largest absolute Gasteiger partial charge is 0.357 e. The molecule has 124 valence electrons. The maximum Gasteiger partial charge on any atom is 0.283 e. The van der Waals surface area contributed by atoms with Gasteiger partial charge in [0.2, 0.25) is 0 Å². The number of anilines is 2. The van der Waals surface area contributed by atoms with Gasteiger partial charge in [-0.25, -0.2) is 4.98 Å². The smallest absolute Gasteiger partial charge is 0.283 e. The number of nitrogens with zero attached hydrogens (tertiary/aromatic N) is 3. The van der Waals surface area contributed by atoms with E-state index in [1.54, 1.807) is 12.3 Å². The number of nitro benzene ring substituents is 1. The van der Waals surface area contributed by atoms with Crippen molar-refractivity contribution in [3.8, 4) is 0 Å². The van der Waals surface area contributed by atoms with Crippen LogP contribution in [0.25, 0.3) is 0 Å². The highest BCUT2D eigenvalue weighted by atomic mass is 35.5.